The van der Waals surface area contributed by atoms with Gasteiger partial charge in [0, 0.05) is 6.20 Å². The normalized spacial score (nSPS) is 31.4. The van der Waals surface area contributed by atoms with Crippen molar-refractivity contribution >= 4 is 6.29 Å². The number of rotatable bonds is 3. The van der Waals surface area contributed by atoms with Gasteiger partial charge in [-0.15, -0.1) is 0 Å². The van der Waals surface area contributed by atoms with E-state index in [2.05, 4.69) is 4.98 Å². The summed E-state index contributed by atoms with van der Waals surface area (Å²) >= 11 is 0. The van der Waals surface area contributed by atoms with Gasteiger partial charge < -0.3 is 24.7 Å². The van der Waals surface area contributed by atoms with Crippen LogP contribution in [0, 0.1) is 5.92 Å². The van der Waals surface area contributed by atoms with E-state index in [1.54, 1.807) is 0 Å². The zero-order chi connectivity index (χ0) is 13.3. The number of aliphatic hydroxyl groups is 2. The Morgan fingerprint density at radius 2 is 2.17 bits per heavy atom. The van der Waals surface area contributed by atoms with Crippen molar-refractivity contribution < 1.29 is 19.7 Å². The van der Waals surface area contributed by atoms with Gasteiger partial charge in [-0.25, -0.2) is 4.79 Å². The van der Waals surface area contributed by atoms with Crippen LogP contribution in [0.3, 0.4) is 0 Å². The molecule has 1 aliphatic heterocycles. The summed E-state index contributed by atoms with van der Waals surface area (Å²) in [5.41, 5.74) is -1.34. The molecule has 1 fully saturated rings. The molecule has 2 heterocycles. The maximum Gasteiger partial charge on any atom is 0.325 e. The van der Waals surface area contributed by atoms with Crippen molar-refractivity contribution in [1.29, 1.82) is 0 Å². The minimum Gasteiger partial charge on any atom is -0.394 e. The fraction of sp³-hybridized carbons (Fsp3) is 0.500. The van der Waals surface area contributed by atoms with Gasteiger partial charge in [0.2, 0.25) is 0 Å². The molecule has 1 aliphatic rings. The Morgan fingerprint density at radius 3 is 2.72 bits per heavy atom. The first-order valence-corrected chi connectivity index (χ1v) is 5.30. The molecular formula is C10H12N2O6. The van der Waals surface area contributed by atoms with Crippen LogP contribution < -0.4 is 11.2 Å². The first-order valence-electron chi connectivity index (χ1n) is 5.30. The molecule has 2 rings (SSSR count). The molecule has 0 aliphatic carbocycles. The highest BCUT2D eigenvalue weighted by Gasteiger charge is 2.44. The highest BCUT2D eigenvalue weighted by Crippen LogP contribution is 2.35. The van der Waals surface area contributed by atoms with Crippen LogP contribution in [0.2, 0.25) is 0 Å². The standard InChI is InChI=1S/C10H12N2O6/c13-2-5-7(15)6(3-14)18-8(5)4-1-11-10(17)12-9(4)16/h1-2,5-8,14-15H,3H2,(H2,11,12,16,17)/t5-,6+,7+,8-/m0/s1. The van der Waals surface area contributed by atoms with Crippen molar-refractivity contribution in [3.8, 4) is 0 Å². The van der Waals surface area contributed by atoms with E-state index in [1.165, 1.54) is 0 Å². The summed E-state index contributed by atoms with van der Waals surface area (Å²) in [7, 11) is 0. The fourth-order valence-corrected chi connectivity index (χ4v) is 2.00. The number of nitrogens with one attached hydrogen (secondary N) is 2. The van der Waals surface area contributed by atoms with Gasteiger partial charge in [-0.2, -0.15) is 0 Å². The van der Waals surface area contributed by atoms with Gasteiger partial charge in [-0.3, -0.25) is 9.78 Å². The van der Waals surface area contributed by atoms with Crippen molar-refractivity contribution in [3.05, 3.63) is 32.6 Å². The Labute approximate surface area is 100 Å². The highest BCUT2D eigenvalue weighted by atomic mass is 16.5. The van der Waals surface area contributed by atoms with Crippen molar-refractivity contribution in [2.75, 3.05) is 6.61 Å². The second kappa shape index (κ2) is 4.84. The predicted octanol–water partition coefficient (Wildman–Crippen LogP) is -2.33. The lowest BCUT2D eigenvalue weighted by atomic mass is 9.94. The fourth-order valence-electron chi connectivity index (χ4n) is 2.00. The molecule has 0 amide bonds. The molecule has 18 heavy (non-hydrogen) atoms. The smallest absolute Gasteiger partial charge is 0.325 e. The zero-order valence-corrected chi connectivity index (χ0v) is 9.20. The van der Waals surface area contributed by atoms with Crippen LogP contribution in [0.25, 0.3) is 0 Å². The molecule has 4 N–H and O–H groups in total. The monoisotopic (exact) mass is 256 g/mol. The molecule has 1 aromatic rings. The number of hydrogen-bond acceptors (Lipinski definition) is 6. The summed E-state index contributed by atoms with van der Waals surface area (Å²) in [6.07, 6.45) is -1.51. The van der Waals surface area contributed by atoms with E-state index in [4.69, 9.17) is 9.84 Å². The lowest BCUT2D eigenvalue weighted by molar-refractivity contribution is -0.114. The summed E-state index contributed by atoms with van der Waals surface area (Å²) in [6, 6.07) is 0. The topological polar surface area (TPSA) is 132 Å². The molecule has 0 radical (unpaired) electrons. The lowest BCUT2D eigenvalue weighted by Crippen LogP contribution is -2.31. The van der Waals surface area contributed by atoms with E-state index < -0.39 is 42.1 Å². The van der Waals surface area contributed by atoms with Crippen molar-refractivity contribution in [2.24, 2.45) is 5.92 Å². The molecule has 4 atom stereocenters. The van der Waals surface area contributed by atoms with E-state index in [0.29, 0.717) is 6.29 Å². The highest BCUT2D eigenvalue weighted by molar-refractivity contribution is 5.57. The molecule has 0 saturated carbocycles. The van der Waals surface area contributed by atoms with Crippen LogP contribution in [0.4, 0.5) is 0 Å². The number of aromatic amines is 2. The molecule has 98 valence electrons. The van der Waals surface area contributed by atoms with Gasteiger partial charge in [-0.05, 0) is 0 Å². The van der Waals surface area contributed by atoms with E-state index in [9.17, 15) is 19.5 Å². The maximum absolute atomic E-state index is 11.6. The Bertz CT molecular complexity index is 550. The van der Waals surface area contributed by atoms with Crippen LogP contribution in [0.1, 0.15) is 11.7 Å². The predicted molar refractivity (Wildman–Crippen MR) is 57.9 cm³/mol. The third-order valence-electron chi connectivity index (χ3n) is 2.94. The summed E-state index contributed by atoms with van der Waals surface area (Å²) in [4.78, 5) is 37.7. The molecule has 8 heteroatoms. The first-order chi connectivity index (χ1) is 8.58. The molecule has 8 nitrogen and oxygen atoms in total. The Balaban J connectivity index is 2.41. The third-order valence-corrected chi connectivity index (χ3v) is 2.94. The van der Waals surface area contributed by atoms with Crippen molar-refractivity contribution in [2.45, 2.75) is 18.3 Å². The van der Waals surface area contributed by atoms with Crippen LogP contribution in [0.5, 0.6) is 0 Å². The van der Waals surface area contributed by atoms with Crippen LogP contribution >= 0.6 is 0 Å². The minimum atomic E-state index is -1.19. The van der Waals surface area contributed by atoms with Gasteiger partial charge in [-0.1, -0.05) is 0 Å². The van der Waals surface area contributed by atoms with Crippen molar-refractivity contribution in [1.82, 2.24) is 9.97 Å². The number of carbonyl (C=O) groups excluding carboxylic acids is 1. The average molecular weight is 256 g/mol. The van der Waals surface area contributed by atoms with Crippen LogP contribution in [-0.4, -0.2) is 45.3 Å². The van der Waals surface area contributed by atoms with Gasteiger partial charge in [0.15, 0.2) is 0 Å². The zero-order valence-electron chi connectivity index (χ0n) is 9.20. The van der Waals surface area contributed by atoms with Gasteiger partial charge in [0.1, 0.15) is 18.5 Å². The molecular weight excluding hydrogens is 244 g/mol. The van der Waals surface area contributed by atoms with Crippen LogP contribution in [-0.2, 0) is 9.53 Å². The Morgan fingerprint density at radius 1 is 1.44 bits per heavy atom. The number of aliphatic hydroxyl groups excluding tert-OH is 2. The summed E-state index contributed by atoms with van der Waals surface area (Å²) in [5, 5.41) is 18.7. The van der Waals surface area contributed by atoms with E-state index in [1.807, 2.05) is 4.98 Å². The number of H-pyrrole nitrogens is 2. The van der Waals surface area contributed by atoms with Gasteiger partial charge >= 0.3 is 5.69 Å². The molecule has 1 saturated heterocycles. The summed E-state index contributed by atoms with van der Waals surface area (Å²) in [5.74, 6) is -0.964. The quantitative estimate of drug-likeness (QED) is 0.448. The number of carbonyl (C=O) groups is 1. The number of hydrogen-bond donors (Lipinski definition) is 4. The van der Waals surface area contributed by atoms with Crippen LogP contribution in [0.15, 0.2) is 15.8 Å². The lowest BCUT2D eigenvalue weighted by Gasteiger charge is -2.13. The Hall–Kier alpha value is -1.77. The summed E-state index contributed by atoms with van der Waals surface area (Å²) in [6.45, 7) is -0.469. The SMILES string of the molecule is O=C[C@H]1[C@@H](O)[C@@H](CO)O[C@H]1c1c[nH]c(=O)[nH]c1=O. The Kier molecular flexibility index (Phi) is 3.41. The molecule has 0 bridgehead atoms. The molecule has 1 aromatic heterocycles. The maximum atomic E-state index is 11.6. The van der Waals surface area contributed by atoms with E-state index in [0.717, 1.165) is 6.20 Å². The summed E-state index contributed by atoms with van der Waals surface area (Å²) < 4.78 is 5.26. The second-order valence-electron chi connectivity index (χ2n) is 4.01. The number of aromatic nitrogens is 2. The third kappa shape index (κ3) is 2.01. The molecule has 0 spiro atoms. The van der Waals surface area contributed by atoms with E-state index >= 15 is 0 Å². The van der Waals surface area contributed by atoms with Gasteiger partial charge in [0.25, 0.3) is 5.56 Å². The van der Waals surface area contributed by atoms with Gasteiger partial charge in [0.05, 0.1) is 24.2 Å². The number of aldehydes is 1. The average Bonchev–Trinajstić information content (AvgIpc) is 2.65. The molecule has 0 unspecified atom stereocenters. The second-order valence-corrected chi connectivity index (χ2v) is 4.01. The molecule has 0 aromatic carbocycles. The van der Waals surface area contributed by atoms with E-state index in [-0.39, 0.29) is 5.56 Å². The first kappa shape index (κ1) is 12.7. The van der Waals surface area contributed by atoms with Crippen molar-refractivity contribution in [3.63, 3.8) is 0 Å². The largest absolute Gasteiger partial charge is 0.394 e. The number of ether oxygens (including phenoxy) is 1. The minimum absolute atomic E-state index is 0.0294.